The number of nitrogens with one attached hydrogen (secondary N) is 2. The monoisotopic (exact) mass is 593 g/mol. The Morgan fingerprint density at radius 3 is 2.19 bits per heavy atom. The zero-order valence-corrected chi connectivity index (χ0v) is 23.5. The molecule has 0 radical (unpaired) electrons. The Labute approximate surface area is 240 Å². The molecule has 0 spiro atoms. The number of aryl methyl sites for hydroxylation is 1. The summed E-state index contributed by atoms with van der Waals surface area (Å²) in [6.45, 7) is 3.42. The Bertz CT molecular complexity index is 1450. The number of carbonyl (C=O) groups excluding carboxylic acids is 2. The van der Waals surface area contributed by atoms with E-state index in [4.69, 9.17) is 0 Å². The number of aromatic nitrogens is 1. The van der Waals surface area contributed by atoms with E-state index in [1.807, 2.05) is 31.2 Å². The Morgan fingerprint density at radius 1 is 1.00 bits per heavy atom. The van der Waals surface area contributed by atoms with Crippen LogP contribution in [0.25, 0.3) is 10.9 Å². The van der Waals surface area contributed by atoms with Crippen molar-refractivity contribution < 1.29 is 35.9 Å². The fourth-order valence-corrected chi connectivity index (χ4v) is 5.46. The molecule has 226 valence electrons. The second-order valence-corrected chi connectivity index (χ2v) is 10.9. The minimum Gasteiger partial charge on any atom is -0.358 e. The summed E-state index contributed by atoms with van der Waals surface area (Å²) in [5.74, 6) is -1.37. The van der Waals surface area contributed by atoms with E-state index < -0.39 is 41.0 Å². The van der Waals surface area contributed by atoms with Crippen molar-refractivity contribution in [1.29, 1.82) is 0 Å². The van der Waals surface area contributed by atoms with Crippen LogP contribution in [0.15, 0.2) is 54.1 Å². The molecule has 0 unspecified atom stereocenters. The highest BCUT2D eigenvalue weighted by Gasteiger charge is 2.38. The molecule has 0 aliphatic heterocycles. The van der Waals surface area contributed by atoms with Gasteiger partial charge in [-0.1, -0.05) is 43.5 Å². The van der Waals surface area contributed by atoms with Crippen LogP contribution in [0.5, 0.6) is 0 Å². The molecule has 1 atom stereocenters. The van der Waals surface area contributed by atoms with E-state index >= 15 is 0 Å². The maximum absolute atomic E-state index is 13.5. The van der Waals surface area contributed by atoms with E-state index in [-0.39, 0.29) is 24.4 Å². The van der Waals surface area contributed by atoms with Crippen LogP contribution in [0, 0.1) is 6.92 Å². The van der Waals surface area contributed by atoms with Gasteiger partial charge in [-0.2, -0.15) is 26.3 Å². The smallest absolute Gasteiger partial charge is 0.358 e. The molecule has 5 nitrogen and oxygen atoms in total. The number of carbonyl (C=O) groups is 2. The maximum Gasteiger partial charge on any atom is 0.416 e. The SMILES string of the molecule is CC(=C[C@@H](Cc1c(C)[nH]c2ccccc12)N(C)C(=O)c1cc(C(F)(F)F)cc(C(F)(F)F)c1)C(=O)NC1CCCCC1. The normalized spacial score (nSPS) is 16.0. The fourth-order valence-electron chi connectivity index (χ4n) is 5.46. The molecular formula is C31H33F6N3O2. The molecule has 1 aromatic heterocycles. The van der Waals surface area contributed by atoms with E-state index in [2.05, 4.69) is 10.3 Å². The molecule has 1 fully saturated rings. The lowest BCUT2D eigenvalue weighted by atomic mass is 9.95. The van der Waals surface area contributed by atoms with Crippen molar-refractivity contribution in [2.45, 2.75) is 76.8 Å². The number of fused-ring (bicyclic) bond motifs is 1. The molecule has 0 bridgehead atoms. The van der Waals surface area contributed by atoms with Gasteiger partial charge in [0.05, 0.1) is 17.2 Å². The standard InChI is InChI=1S/C31H33F6N3O2/c1-18(28(41)39-23-9-5-4-6-10-23)13-24(17-26-19(2)38-27-12-8-7-11-25(26)27)40(3)29(42)20-14-21(30(32,33)34)16-22(15-20)31(35,36)37/h7-8,11-16,23-24,38H,4-6,9-10,17H2,1-3H3,(H,39,41)/t24-/m0/s1. The largest absolute Gasteiger partial charge is 0.416 e. The van der Waals surface area contributed by atoms with Crippen molar-refractivity contribution in [1.82, 2.24) is 15.2 Å². The molecule has 0 saturated heterocycles. The molecule has 1 aliphatic rings. The summed E-state index contributed by atoms with van der Waals surface area (Å²) in [6, 6.07) is 7.43. The molecule has 1 aliphatic carbocycles. The van der Waals surface area contributed by atoms with E-state index in [1.54, 1.807) is 13.0 Å². The lowest BCUT2D eigenvalue weighted by molar-refractivity contribution is -0.143. The highest BCUT2D eigenvalue weighted by molar-refractivity contribution is 5.96. The summed E-state index contributed by atoms with van der Waals surface area (Å²) >= 11 is 0. The third-order valence-corrected chi connectivity index (χ3v) is 7.83. The number of hydrogen-bond acceptors (Lipinski definition) is 2. The number of para-hydroxylation sites is 1. The summed E-state index contributed by atoms with van der Waals surface area (Å²) in [5, 5.41) is 3.86. The van der Waals surface area contributed by atoms with Gasteiger partial charge < -0.3 is 15.2 Å². The summed E-state index contributed by atoms with van der Waals surface area (Å²) in [5.41, 5.74) is -1.17. The minimum absolute atomic E-state index is 0.0107. The third-order valence-electron chi connectivity index (χ3n) is 7.83. The van der Waals surface area contributed by atoms with E-state index in [9.17, 15) is 35.9 Å². The molecule has 1 saturated carbocycles. The average molecular weight is 594 g/mol. The number of halogens is 6. The van der Waals surface area contributed by atoms with Crippen molar-refractivity contribution in [3.8, 4) is 0 Å². The van der Waals surface area contributed by atoms with Crippen LogP contribution in [0.4, 0.5) is 26.3 Å². The highest BCUT2D eigenvalue weighted by Crippen LogP contribution is 2.37. The van der Waals surface area contributed by atoms with Crippen LogP contribution >= 0.6 is 0 Å². The number of alkyl halides is 6. The Hall–Kier alpha value is -3.76. The molecule has 3 aromatic rings. The van der Waals surface area contributed by atoms with Gasteiger partial charge in [-0.3, -0.25) is 9.59 Å². The van der Waals surface area contributed by atoms with Gasteiger partial charge in [-0.05, 0) is 62.9 Å². The summed E-state index contributed by atoms with van der Waals surface area (Å²) in [7, 11) is 1.31. The third kappa shape index (κ3) is 7.17. The van der Waals surface area contributed by atoms with Crippen LogP contribution < -0.4 is 5.32 Å². The predicted octanol–water partition coefficient (Wildman–Crippen LogP) is 7.59. The number of aromatic amines is 1. The Morgan fingerprint density at radius 2 is 1.60 bits per heavy atom. The van der Waals surface area contributed by atoms with Crippen molar-refractivity contribution >= 4 is 22.7 Å². The van der Waals surface area contributed by atoms with Gasteiger partial charge in [0.1, 0.15) is 0 Å². The van der Waals surface area contributed by atoms with Crippen LogP contribution in [0.2, 0.25) is 0 Å². The highest BCUT2D eigenvalue weighted by atomic mass is 19.4. The van der Waals surface area contributed by atoms with Crippen molar-refractivity contribution in [3.63, 3.8) is 0 Å². The molecule has 1 heterocycles. The summed E-state index contributed by atoms with van der Waals surface area (Å²) in [6.07, 6.45) is -3.65. The summed E-state index contributed by atoms with van der Waals surface area (Å²) in [4.78, 5) is 31.0. The van der Waals surface area contributed by atoms with Crippen LogP contribution in [-0.2, 0) is 23.6 Å². The number of hydrogen-bond donors (Lipinski definition) is 2. The number of rotatable bonds is 7. The molecule has 2 aromatic carbocycles. The van der Waals surface area contributed by atoms with Crippen LogP contribution in [0.3, 0.4) is 0 Å². The Balaban J connectivity index is 1.73. The topological polar surface area (TPSA) is 65.2 Å². The first-order chi connectivity index (χ1) is 19.6. The molecule has 42 heavy (non-hydrogen) atoms. The zero-order chi connectivity index (χ0) is 30.8. The fraction of sp³-hybridized carbons (Fsp3) is 0.419. The first-order valence-electron chi connectivity index (χ1n) is 13.8. The van der Waals surface area contributed by atoms with E-state index in [0.29, 0.717) is 17.7 Å². The molecule has 2 N–H and O–H groups in total. The summed E-state index contributed by atoms with van der Waals surface area (Å²) < 4.78 is 81.0. The average Bonchev–Trinajstić information content (AvgIpc) is 3.25. The number of H-pyrrole nitrogens is 1. The van der Waals surface area contributed by atoms with Crippen molar-refractivity contribution in [3.05, 3.63) is 82.1 Å². The van der Waals surface area contributed by atoms with Gasteiger partial charge in [0.25, 0.3) is 5.91 Å². The quantitative estimate of drug-likeness (QED) is 0.219. The molecular weight excluding hydrogens is 560 g/mol. The van der Waals surface area contributed by atoms with Crippen molar-refractivity contribution in [2.24, 2.45) is 0 Å². The number of benzene rings is 2. The van der Waals surface area contributed by atoms with Crippen LogP contribution in [-0.4, -0.2) is 40.8 Å². The molecule has 4 rings (SSSR count). The van der Waals surface area contributed by atoms with Gasteiger partial charge in [-0.15, -0.1) is 0 Å². The number of likely N-dealkylation sites (N-methyl/N-ethyl adjacent to an activating group) is 1. The second kappa shape index (κ2) is 12.2. The Kier molecular flexibility index (Phi) is 9.08. The van der Waals surface area contributed by atoms with Gasteiger partial charge in [0.2, 0.25) is 5.91 Å². The van der Waals surface area contributed by atoms with Gasteiger partial charge >= 0.3 is 12.4 Å². The van der Waals surface area contributed by atoms with E-state index in [0.717, 1.165) is 59.2 Å². The number of nitrogens with zero attached hydrogens (tertiary/aromatic N) is 1. The molecule has 2 amide bonds. The molecule has 11 heteroatoms. The lowest BCUT2D eigenvalue weighted by Crippen LogP contribution is -2.40. The maximum atomic E-state index is 13.5. The second-order valence-electron chi connectivity index (χ2n) is 10.9. The van der Waals surface area contributed by atoms with Gasteiger partial charge in [-0.25, -0.2) is 0 Å². The van der Waals surface area contributed by atoms with Gasteiger partial charge in [0.15, 0.2) is 0 Å². The zero-order valence-electron chi connectivity index (χ0n) is 23.5. The van der Waals surface area contributed by atoms with Gasteiger partial charge in [0, 0.05) is 40.8 Å². The minimum atomic E-state index is -5.09. The van der Waals surface area contributed by atoms with Crippen molar-refractivity contribution in [2.75, 3.05) is 7.05 Å². The predicted molar refractivity (Wildman–Crippen MR) is 148 cm³/mol. The lowest BCUT2D eigenvalue weighted by Gasteiger charge is -2.28. The first-order valence-corrected chi connectivity index (χ1v) is 13.8. The first kappa shape index (κ1) is 31.2. The van der Waals surface area contributed by atoms with Crippen LogP contribution in [0.1, 0.15) is 71.8 Å². The van der Waals surface area contributed by atoms with E-state index in [1.165, 1.54) is 7.05 Å². The number of amides is 2.